The lowest BCUT2D eigenvalue weighted by Gasteiger charge is -2.31. The molecule has 2 rings (SSSR count). The fourth-order valence-electron chi connectivity index (χ4n) is 3.10. The van der Waals surface area contributed by atoms with Crippen molar-refractivity contribution in [2.45, 2.75) is 32.6 Å². The van der Waals surface area contributed by atoms with Crippen molar-refractivity contribution in [2.24, 2.45) is 23.0 Å². The highest BCUT2D eigenvalue weighted by molar-refractivity contribution is 5.82. The molecule has 2 heteroatoms. The topological polar surface area (TPSA) is 43.1 Å². The van der Waals surface area contributed by atoms with Gasteiger partial charge in [-0.1, -0.05) is 25.5 Å². The molecule has 2 bridgehead atoms. The van der Waals surface area contributed by atoms with Gasteiger partial charge in [0.25, 0.3) is 0 Å². The van der Waals surface area contributed by atoms with Gasteiger partial charge in [-0.15, -0.1) is 0 Å². The van der Waals surface area contributed by atoms with E-state index >= 15 is 0 Å². The first-order valence-corrected chi connectivity index (χ1v) is 5.17. The highest BCUT2D eigenvalue weighted by Crippen LogP contribution is 2.54. The molecule has 0 aliphatic heterocycles. The molecule has 3 atom stereocenters. The Hall–Kier alpha value is -0.790. The lowest BCUT2D eigenvalue weighted by atomic mass is 9.72. The second kappa shape index (κ2) is 2.86. The zero-order valence-electron chi connectivity index (χ0n) is 8.12. The molecule has 0 unspecified atom stereocenters. The van der Waals surface area contributed by atoms with Gasteiger partial charge in [0.1, 0.15) is 0 Å². The number of carbonyl (C=O) groups is 1. The first-order chi connectivity index (χ1) is 6.19. The third-order valence-corrected chi connectivity index (χ3v) is 3.70. The average Bonchev–Trinajstić information content (AvgIpc) is 2.64. The van der Waals surface area contributed by atoms with Crippen molar-refractivity contribution in [3.8, 4) is 0 Å². The van der Waals surface area contributed by atoms with E-state index < -0.39 is 0 Å². The molecule has 13 heavy (non-hydrogen) atoms. The molecule has 2 nitrogen and oxygen atoms in total. The van der Waals surface area contributed by atoms with E-state index in [0.29, 0.717) is 11.8 Å². The molecule has 2 aliphatic carbocycles. The van der Waals surface area contributed by atoms with E-state index in [-0.39, 0.29) is 11.3 Å². The molecule has 0 radical (unpaired) electrons. The molecule has 0 spiro atoms. The molecule has 2 aliphatic rings. The van der Waals surface area contributed by atoms with E-state index in [1.807, 2.05) is 0 Å². The van der Waals surface area contributed by atoms with Crippen molar-refractivity contribution >= 4 is 5.91 Å². The van der Waals surface area contributed by atoms with Crippen molar-refractivity contribution in [1.29, 1.82) is 0 Å². The third kappa shape index (κ3) is 1.11. The Balaban J connectivity index is 2.25. The largest absolute Gasteiger partial charge is 0.369 e. The minimum absolute atomic E-state index is 0.0776. The molecule has 0 aromatic rings. The molecule has 72 valence electrons. The highest BCUT2D eigenvalue weighted by atomic mass is 16.1. The fraction of sp³-hybridized carbons (Fsp3) is 0.727. The van der Waals surface area contributed by atoms with Gasteiger partial charge >= 0.3 is 0 Å². The maximum Gasteiger partial charge on any atom is 0.224 e. The lowest BCUT2D eigenvalue weighted by molar-refractivity contribution is -0.129. The Labute approximate surface area is 79.2 Å². The van der Waals surface area contributed by atoms with Gasteiger partial charge in [0, 0.05) is 0 Å². The fourth-order valence-corrected chi connectivity index (χ4v) is 3.10. The number of amides is 1. The van der Waals surface area contributed by atoms with Gasteiger partial charge < -0.3 is 5.73 Å². The predicted octanol–water partition coefficient (Wildman–Crippen LogP) is 1.85. The molecule has 0 aromatic heterocycles. The van der Waals surface area contributed by atoms with Gasteiger partial charge in [0.15, 0.2) is 0 Å². The van der Waals surface area contributed by atoms with Crippen LogP contribution in [0.2, 0.25) is 0 Å². The van der Waals surface area contributed by atoms with Gasteiger partial charge in [-0.2, -0.15) is 0 Å². The smallest absolute Gasteiger partial charge is 0.224 e. The number of nitrogens with two attached hydrogens (primary N) is 1. The maximum atomic E-state index is 11.5. The third-order valence-electron chi connectivity index (χ3n) is 3.70. The Morgan fingerprint density at radius 2 is 2.38 bits per heavy atom. The van der Waals surface area contributed by atoms with Crippen LogP contribution >= 0.6 is 0 Å². The predicted molar refractivity (Wildman–Crippen MR) is 51.9 cm³/mol. The van der Waals surface area contributed by atoms with Crippen molar-refractivity contribution in [2.75, 3.05) is 0 Å². The Kier molecular flexibility index (Phi) is 1.94. The van der Waals surface area contributed by atoms with E-state index in [0.717, 1.165) is 25.7 Å². The van der Waals surface area contributed by atoms with Gasteiger partial charge in [-0.25, -0.2) is 0 Å². The van der Waals surface area contributed by atoms with Crippen molar-refractivity contribution < 1.29 is 4.79 Å². The number of hydrogen-bond acceptors (Lipinski definition) is 1. The second-order valence-electron chi connectivity index (χ2n) is 4.46. The minimum Gasteiger partial charge on any atom is -0.369 e. The number of carbonyl (C=O) groups excluding carboxylic acids is 1. The number of primary amides is 1. The molecule has 1 saturated carbocycles. The van der Waals surface area contributed by atoms with Crippen LogP contribution in [-0.2, 0) is 4.79 Å². The van der Waals surface area contributed by atoms with Gasteiger partial charge in [-0.05, 0) is 31.1 Å². The second-order valence-corrected chi connectivity index (χ2v) is 4.46. The number of hydrogen-bond donors (Lipinski definition) is 1. The summed E-state index contributed by atoms with van der Waals surface area (Å²) in [4.78, 5) is 11.5. The van der Waals surface area contributed by atoms with Crippen molar-refractivity contribution in [3.63, 3.8) is 0 Å². The summed E-state index contributed by atoms with van der Waals surface area (Å²) in [5.74, 6) is 0.991. The maximum absolute atomic E-state index is 11.5. The van der Waals surface area contributed by atoms with E-state index in [1.165, 1.54) is 0 Å². The molecule has 1 amide bonds. The summed E-state index contributed by atoms with van der Waals surface area (Å²) >= 11 is 0. The van der Waals surface area contributed by atoms with Crippen molar-refractivity contribution in [3.05, 3.63) is 12.2 Å². The number of fused-ring (bicyclic) bond motifs is 2. The van der Waals surface area contributed by atoms with E-state index in [2.05, 4.69) is 19.1 Å². The van der Waals surface area contributed by atoms with Crippen LogP contribution < -0.4 is 5.73 Å². The van der Waals surface area contributed by atoms with Crippen LogP contribution in [0.15, 0.2) is 12.2 Å². The Morgan fingerprint density at radius 1 is 1.62 bits per heavy atom. The quantitative estimate of drug-likeness (QED) is 0.660. The molecule has 0 aromatic carbocycles. The summed E-state index contributed by atoms with van der Waals surface area (Å²) < 4.78 is 0. The standard InChI is InChI=1S/C11H17NO/c1-2-5-11(10(12)13)7-8-3-4-9(11)6-8/h3-4,8-9H,2,5-7H2,1H3,(H2,12,13)/t8-,9+,11+/m1/s1. The van der Waals surface area contributed by atoms with Crippen LogP contribution in [0.5, 0.6) is 0 Å². The van der Waals surface area contributed by atoms with Crippen LogP contribution in [-0.4, -0.2) is 5.91 Å². The monoisotopic (exact) mass is 179 g/mol. The van der Waals surface area contributed by atoms with Crippen molar-refractivity contribution in [1.82, 2.24) is 0 Å². The minimum atomic E-state index is -0.186. The number of rotatable bonds is 3. The summed E-state index contributed by atoms with van der Waals surface area (Å²) in [5, 5.41) is 0. The lowest BCUT2D eigenvalue weighted by Crippen LogP contribution is -2.40. The zero-order valence-corrected chi connectivity index (χ0v) is 8.12. The Bertz CT molecular complexity index is 259. The highest BCUT2D eigenvalue weighted by Gasteiger charge is 2.51. The summed E-state index contributed by atoms with van der Waals surface area (Å²) in [6, 6.07) is 0. The summed E-state index contributed by atoms with van der Waals surface area (Å²) in [7, 11) is 0. The molecule has 1 fully saturated rings. The summed E-state index contributed by atoms with van der Waals surface area (Å²) in [6.45, 7) is 2.13. The van der Waals surface area contributed by atoms with Gasteiger partial charge in [0.2, 0.25) is 5.91 Å². The van der Waals surface area contributed by atoms with E-state index in [9.17, 15) is 4.79 Å². The van der Waals surface area contributed by atoms with Gasteiger partial charge in [0.05, 0.1) is 5.41 Å². The molecular weight excluding hydrogens is 162 g/mol. The first kappa shape index (κ1) is 8.79. The van der Waals surface area contributed by atoms with Gasteiger partial charge in [-0.3, -0.25) is 4.79 Å². The zero-order chi connectivity index (χ0) is 9.47. The summed E-state index contributed by atoms with van der Waals surface area (Å²) in [5.41, 5.74) is 5.35. The van der Waals surface area contributed by atoms with Crippen LogP contribution in [0.4, 0.5) is 0 Å². The molecule has 0 heterocycles. The first-order valence-electron chi connectivity index (χ1n) is 5.17. The van der Waals surface area contributed by atoms with Crippen LogP contribution in [0.3, 0.4) is 0 Å². The number of allylic oxidation sites excluding steroid dienone is 2. The normalized spacial score (nSPS) is 41.3. The van der Waals surface area contributed by atoms with Crippen LogP contribution in [0, 0.1) is 17.3 Å². The average molecular weight is 179 g/mol. The van der Waals surface area contributed by atoms with E-state index in [1.54, 1.807) is 0 Å². The SMILES string of the molecule is CCC[C@]1(C(N)=O)C[C@@H]2C=C[C@H]1C2. The Morgan fingerprint density at radius 3 is 2.77 bits per heavy atom. The molecule has 2 N–H and O–H groups in total. The summed E-state index contributed by atoms with van der Waals surface area (Å²) in [6.07, 6.45) is 8.63. The molecular formula is C11H17NO. The van der Waals surface area contributed by atoms with Crippen LogP contribution in [0.25, 0.3) is 0 Å². The van der Waals surface area contributed by atoms with E-state index in [4.69, 9.17) is 5.73 Å². The van der Waals surface area contributed by atoms with Crippen LogP contribution in [0.1, 0.15) is 32.6 Å². The molecule has 0 saturated heterocycles.